The van der Waals surface area contributed by atoms with Crippen molar-refractivity contribution in [2.75, 3.05) is 0 Å². The van der Waals surface area contributed by atoms with Crippen LogP contribution in [0.4, 0.5) is 0 Å². The van der Waals surface area contributed by atoms with Gasteiger partial charge in [-0.25, -0.2) is 0 Å². The van der Waals surface area contributed by atoms with Crippen molar-refractivity contribution in [3.05, 3.63) is 11.6 Å². The van der Waals surface area contributed by atoms with Gasteiger partial charge in [0.05, 0.1) is 11.5 Å². The van der Waals surface area contributed by atoms with Crippen molar-refractivity contribution >= 4 is 11.8 Å². The third-order valence-corrected chi connectivity index (χ3v) is 13.1. The Bertz CT molecular complexity index is 965. The Morgan fingerprint density at radius 1 is 0.912 bits per heavy atom. The van der Waals surface area contributed by atoms with Crippen LogP contribution in [0.5, 0.6) is 0 Å². The Morgan fingerprint density at radius 2 is 1.56 bits per heavy atom. The number of hydrogen-bond acceptors (Lipinski definition) is 3. The summed E-state index contributed by atoms with van der Waals surface area (Å²) in [6.45, 7) is 15.8. The van der Waals surface area contributed by atoms with E-state index >= 15 is 0 Å². The van der Waals surface area contributed by atoms with Crippen LogP contribution < -0.4 is 0 Å². The Kier molecular flexibility index (Phi) is 5.04. The average molecular weight is 471 g/mol. The van der Waals surface area contributed by atoms with Crippen LogP contribution in [0.25, 0.3) is 0 Å². The SMILES string of the molecule is CC1(C)C2CC[C@@]3(C)[C@@H](C(=O)C=C4[C@@H]5C[C@](C)(C(=O)O)CC[C@@]5(C)CC[C@@]43C)[C@]2(C)CC[C@H]1O. The van der Waals surface area contributed by atoms with Gasteiger partial charge in [-0.2, -0.15) is 0 Å². The highest BCUT2D eigenvalue weighted by atomic mass is 16.4. The quantitative estimate of drug-likeness (QED) is 0.464. The molecule has 0 aliphatic heterocycles. The molecule has 2 N–H and O–H groups in total. The van der Waals surface area contributed by atoms with E-state index in [0.29, 0.717) is 12.3 Å². The van der Waals surface area contributed by atoms with E-state index in [1.54, 1.807) is 0 Å². The van der Waals surface area contributed by atoms with E-state index in [4.69, 9.17) is 0 Å². The summed E-state index contributed by atoms with van der Waals surface area (Å²) in [7, 11) is 0. The molecule has 9 atom stereocenters. The summed E-state index contributed by atoms with van der Waals surface area (Å²) in [6, 6.07) is 0. The lowest BCUT2D eigenvalue weighted by Crippen LogP contribution is -2.66. The highest BCUT2D eigenvalue weighted by Crippen LogP contribution is 2.75. The van der Waals surface area contributed by atoms with Crippen molar-refractivity contribution < 1.29 is 19.8 Å². The number of aliphatic hydroxyl groups excluding tert-OH is 1. The number of aliphatic hydroxyl groups is 1. The number of carboxylic acids is 1. The van der Waals surface area contributed by atoms with Crippen LogP contribution in [-0.4, -0.2) is 28.1 Å². The van der Waals surface area contributed by atoms with E-state index in [1.165, 1.54) is 5.57 Å². The molecule has 190 valence electrons. The molecule has 0 aromatic rings. The van der Waals surface area contributed by atoms with Crippen LogP contribution in [0.3, 0.4) is 0 Å². The molecule has 0 radical (unpaired) electrons. The highest BCUT2D eigenvalue weighted by Gasteiger charge is 2.70. The van der Waals surface area contributed by atoms with Gasteiger partial charge < -0.3 is 10.2 Å². The van der Waals surface area contributed by atoms with E-state index in [9.17, 15) is 19.8 Å². The van der Waals surface area contributed by atoms with Crippen molar-refractivity contribution in [3.63, 3.8) is 0 Å². The number of carbonyl (C=O) groups excluding carboxylic acids is 1. The third kappa shape index (κ3) is 2.81. The molecule has 34 heavy (non-hydrogen) atoms. The molecule has 0 spiro atoms. The molecule has 0 aromatic carbocycles. The zero-order chi connectivity index (χ0) is 25.1. The van der Waals surface area contributed by atoms with Crippen LogP contribution in [0, 0.1) is 50.2 Å². The fraction of sp³-hybridized carbons (Fsp3) is 0.867. The van der Waals surface area contributed by atoms with Gasteiger partial charge in [0.25, 0.3) is 0 Å². The Labute approximate surface area is 206 Å². The summed E-state index contributed by atoms with van der Waals surface area (Å²) >= 11 is 0. The summed E-state index contributed by atoms with van der Waals surface area (Å²) in [4.78, 5) is 26.4. The molecule has 4 saturated carbocycles. The minimum absolute atomic E-state index is 0.0296. The molecule has 4 nitrogen and oxygen atoms in total. The predicted octanol–water partition coefficient (Wildman–Crippen LogP) is 6.41. The molecule has 0 bridgehead atoms. The first-order valence-electron chi connectivity index (χ1n) is 13.7. The van der Waals surface area contributed by atoms with Crippen molar-refractivity contribution in [2.24, 2.45) is 50.2 Å². The molecule has 4 fully saturated rings. The maximum atomic E-state index is 14.2. The number of hydrogen-bond donors (Lipinski definition) is 2. The summed E-state index contributed by atoms with van der Waals surface area (Å²) in [5, 5.41) is 20.9. The number of carboxylic acid groups (broad SMARTS) is 1. The molecule has 5 rings (SSSR count). The first-order valence-corrected chi connectivity index (χ1v) is 13.7. The number of ketones is 1. The second-order valence-electron chi connectivity index (χ2n) is 14.9. The molecule has 5 aliphatic rings. The molecular formula is C30H46O4. The number of allylic oxidation sites excluding steroid dienone is 2. The molecule has 0 aromatic heterocycles. The van der Waals surface area contributed by atoms with Crippen LogP contribution >= 0.6 is 0 Å². The van der Waals surface area contributed by atoms with E-state index in [0.717, 1.165) is 51.4 Å². The van der Waals surface area contributed by atoms with E-state index in [1.807, 2.05) is 13.0 Å². The summed E-state index contributed by atoms with van der Waals surface area (Å²) in [5.74, 6) is 0.0603. The lowest BCUT2D eigenvalue weighted by Gasteiger charge is -2.70. The van der Waals surface area contributed by atoms with Crippen molar-refractivity contribution in [2.45, 2.75) is 112 Å². The van der Waals surface area contributed by atoms with Crippen molar-refractivity contribution in [1.29, 1.82) is 0 Å². The van der Waals surface area contributed by atoms with Gasteiger partial charge in [-0.05, 0) is 110 Å². The second kappa shape index (κ2) is 6.99. The van der Waals surface area contributed by atoms with Crippen molar-refractivity contribution in [3.8, 4) is 0 Å². The fourth-order valence-electron chi connectivity index (χ4n) is 10.4. The average Bonchev–Trinajstić information content (AvgIpc) is 2.73. The lowest BCUT2D eigenvalue weighted by molar-refractivity contribution is -0.202. The molecule has 5 aliphatic carbocycles. The summed E-state index contributed by atoms with van der Waals surface area (Å²) in [6.07, 6.45) is 9.95. The van der Waals surface area contributed by atoms with Gasteiger partial charge >= 0.3 is 5.97 Å². The maximum absolute atomic E-state index is 14.2. The largest absolute Gasteiger partial charge is 0.481 e. The summed E-state index contributed by atoms with van der Waals surface area (Å²) < 4.78 is 0. The normalized spacial score (nSPS) is 54.1. The smallest absolute Gasteiger partial charge is 0.309 e. The first kappa shape index (κ1) is 24.5. The second-order valence-corrected chi connectivity index (χ2v) is 14.9. The molecule has 4 heteroatoms. The number of fused-ring (bicyclic) bond motifs is 7. The minimum Gasteiger partial charge on any atom is -0.481 e. The molecule has 0 heterocycles. The zero-order valence-corrected chi connectivity index (χ0v) is 22.5. The minimum atomic E-state index is -0.711. The fourth-order valence-corrected chi connectivity index (χ4v) is 10.4. The zero-order valence-electron chi connectivity index (χ0n) is 22.5. The van der Waals surface area contributed by atoms with Gasteiger partial charge in [0.1, 0.15) is 0 Å². The third-order valence-electron chi connectivity index (χ3n) is 13.1. The maximum Gasteiger partial charge on any atom is 0.309 e. The highest BCUT2D eigenvalue weighted by molar-refractivity contribution is 5.95. The van der Waals surface area contributed by atoms with E-state index in [-0.39, 0.29) is 50.8 Å². The van der Waals surface area contributed by atoms with Crippen LogP contribution in [0.1, 0.15) is 106 Å². The topological polar surface area (TPSA) is 74.6 Å². The van der Waals surface area contributed by atoms with Gasteiger partial charge in [-0.1, -0.05) is 47.1 Å². The Morgan fingerprint density at radius 3 is 2.21 bits per heavy atom. The van der Waals surface area contributed by atoms with Gasteiger partial charge in [0.2, 0.25) is 0 Å². The number of carbonyl (C=O) groups is 2. The van der Waals surface area contributed by atoms with Gasteiger partial charge in [0.15, 0.2) is 5.78 Å². The Hall–Kier alpha value is -1.16. The van der Waals surface area contributed by atoms with Crippen LogP contribution in [-0.2, 0) is 9.59 Å². The standard InChI is InChI=1S/C30H46O4/c1-25(2)21-8-11-30(7)23(28(21,5)10-9-22(25)32)20(31)16-18-19-17-27(4,24(33)34)13-12-26(19,3)14-15-29(18,30)6/h16,19,21-23,32H,8-15,17H2,1-7H3,(H,33,34)/t19-,21?,22+,23-,26-,27+,28+,29-,30-/m0/s1. The Balaban J connectivity index is 1.62. The van der Waals surface area contributed by atoms with Crippen molar-refractivity contribution in [1.82, 2.24) is 0 Å². The van der Waals surface area contributed by atoms with E-state index in [2.05, 4.69) is 41.5 Å². The van der Waals surface area contributed by atoms with E-state index < -0.39 is 11.4 Å². The number of rotatable bonds is 1. The molecule has 0 saturated heterocycles. The number of aliphatic carboxylic acids is 1. The van der Waals surface area contributed by atoms with Gasteiger partial charge in [-0.3, -0.25) is 9.59 Å². The molecule has 1 unspecified atom stereocenters. The van der Waals surface area contributed by atoms with Gasteiger partial charge in [-0.15, -0.1) is 0 Å². The van der Waals surface area contributed by atoms with Crippen LogP contribution in [0.2, 0.25) is 0 Å². The van der Waals surface area contributed by atoms with Gasteiger partial charge in [0, 0.05) is 5.92 Å². The lowest BCUT2D eigenvalue weighted by atomic mass is 9.33. The molecular weight excluding hydrogens is 424 g/mol. The molecule has 0 amide bonds. The van der Waals surface area contributed by atoms with Crippen LogP contribution in [0.15, 0.2) is 11.6 Å². The summed E-state index contributed by atoms with van der Waals surface area (Å²) in [5.41, 5.74) is 0.142. The monoisotopic (exact) mass is 470 g/mol. The first-order chi connectivity index (χ1) is 15.6. The predicted molar refractivity (Wildman–Crippen MR) is 133 cm³/mol.